The topological polar surface area (TPSA) is 78.9 Å². The van der Waals surface area contributed by atoms with Gasteiger partial charge in [-0.2, -0.15) is 0 Å². The van der Waals surface area contributed by atoms with E-state index in [-0.39, 0.29) is 31.1 Å². The Kier molecular flexibility index (Phi) is 57.7. The molecule has 0 amide bonds. The largest absolute Gasteiger partial charge is 0.462 e. The van der Waals surface area contributed by atoms with E-state index in [4.69, 9.17) is 14.2 Å². The molecule has 0 aromatic heterocycles. The Bertz CT molecular complexity index is 1230. The normalized spacial score (nSPS) is 12.3. The molecule has 0 bridgehead atoms. The maximum atomic E-state index is 12.8. The van der Waals surface area contributed by atoms with Crippen molar-refractivity contribution in [1.82, 2.24) is 0 Å². The predicted octanol–water partition coefficient (Wildman–Crippen LogP) is 21.0. The first-order valence-electron chi connectivity index (χ1n) is 31.1. The van der Waals surface area contributed by atoms with Crippen molar-refractivity contribution in [2.24, 2.45) is 0 Å². The molecule has 414 valence electrons. The number of ether oxygens (including phenoxy) is 3. The highest BCUT2D eigenvalue weighted by Gasteiger charge is 2.19. The van der Waals surface area contributed by atoms with Crippen molar-refractivity contribution in [1.29, 1.82) is 0 Å². The van der Waals surface area contributed by atoms with Gasteiger partial charge in [-0.1, -0.05) is 281 Å². The molecule has 71 heavy (non-hydrogen) atoms. The highest BCUT2D eigenvalue weighted by Crippen LogP contribution is 2.18. The standard InChI is InChI=1S/C65H118O6/c1-4-7-10-13-16-19-22-25-26-27-28-29-30-31-32-33-34-35-36-37-38-39-41-43-46-49-52-55-58-64(67)70-61-62(60-69-63(66)57-54-51-48-45-42-24-21-18-15-12-9-6-3)71-65(68)59-56-53-50-47-44-40-23-20-17-14-11-8-5-2/h8,11,17-18,20-21,40,44,62H,4-7,9-10,12-16,19,22-39,41-43,45-61H2,1-3H3/b11-8-,20-17-,21-18-,44-40-. The molecule has 0 spiro atoms. The fraction of sp³-hybridized carbons (Fsp3) is 0.831. The molecule has 0 N–H and O–H groups in total. The molecule has 0 aliphatic carbocycles. The number of allylic oxidation sites excluding steroid dienone is 8. The zero-order valence-electron chi connectivity index (χ0n) is 47.5. The van der Waals surface area contributed by atoms with Gasteiger partial charge < -0.3 is 14.2 Å². The van der Waals surface area contributed by atoms with Crippen LogP contribution in [0.2, 0.25) is 0 Å². The number of carbonyl (C=O) groups excluding carboxylic acids is 3. The average molecular weight is 996 g/mol. The van der Waals surface area contributed by atoms with Crippen molar-refractivity contribution in [2.45, 2.75) is 335 Å². The summed E-state index contributed by atoms with van der Waals surface area (Å²) >= 11 is 0. The van der Waals surface area contributed by atoms with Gasteiger partial charge in [-0.3, -0.25) is 14.4 Å². The van der Waals surface area contributed by atoms with Crippen LogP contribution in [0.5, 0.6) is 0 Å². The van der Waals surface area contributed by atoms with Gasteiger partial charge in [0.2, 0.25) is 0 Å². The molecular weight excluding hydrogens is 877 g/mol. The first-order chi connectivity index (χ1) is 35.0. The van der Waals surface area contributed by atoms with Crippen molar-refractivity contribution < 1.29 is 28.6 Å². The second kappa shape index (κ2) is 59.9. The van der Waals surface area contributed by atoms with Crippen LogP contribution in [0.15, 0.2) is 48.6 Å². The van der Waals surface area contributed by atoms with Gasteiger partial charge >= 0.3 is 17.9 Å². The van der Waals surface area contributed by atoms with Crippen LogP contribution in [0, 0.1) is 0 Å². The Balaban J connectivity index is 4.14. The molecule has 0 rings (SSSR count). The molecule has 1 unspecified atom stereocenters. The van der Waals surface area contributed by atoms with Gasteiger partial charge in [0.25, 0.3) is 0 Å². The number of rotatable bonds is 57. The molecule has 0 saturated carbocycles. The first-order valence-corrected chi connectivity index (χ1v) is 31.1. The van der Waals surface area contributed by atoms with Gasteiger partial charge in [-0.15, -0.1) is 0 Å². The summed E-state index contributed by atoms with van der Waals surface area (Å²) in [5, 5.41) is 0. The molecule has 0 aromatic rings. The van der Waals surface area contributed by atoms with E-state index in [0.717, 1.165) is 89.9 Å². The van der Waals surface area contributed by atoms with Gasteiger partial charge in [0.1, 0.15) is 13.2 Å². The molecule has 0 radical (unpaired) electrons. The number of hydrogen-bond donors (Lipinski definition) is 0. The Morgan fingerprint density at radius 2 is 0.549 bits per heavy atom. The molecule has 0 aromatic carbocycles. The lowest BCUT2D eigenvalue weighted by atomic mass is 10.0. The van der Waals surface area contributed by atoms with Crippen LogP contribution in [-0.2, 0) is 28.6 Å². The monoisotopic (exact) mass is 995 g/mol. The third-order valence-corrected chi connectivity index (χ3v) is 13.8. The molecule has 6 heteroatoms. The van der Waals surface area contributed by atoms with Crippen LogP contribution >= 0.6 is 0 Å². The fourth-order valence-corrected chi connectivity index (χ4v) is 9.16. The summed E-state index contributed by atoms with van der Waals surface area (Å²) in [5.74, 6) is -0.910. The summed E-state index contributed by atoms with van der Waals surface area (Å²) < 4.78 is 16.8. The SMILES string of the molecule is CC/C=C\C/C=C\C/C=C\CCCCCC(=O)OC(COC(=O)CCCCCCC/C=C\CCCCC)COC(=O)CCCCCCCCCCCCCCCCCCCCCCCCCCCCCC. The Labute approximate surface area is 441 Å². The van der Waals surface area contributed by atoms with Crippen molar-refractivity contribution in [3.8, 4) is 0 Å². The van der Waals surface area contributed by atoms with E-state index in [9.17, 15) is 14.4 Å². The van der Waals surface area contributed by atoms with E-state index in [2.05, 4.69) is 69.4 Å². The first kappa shape index (κ1) is 68.4. The number of hydrogen-bond acceptors (Lipinski definition) is 6. The van der Waals surface area contributed by atoms with E-state index in [1.54, 1.807) is 0 Å². The smallest absolute Gasteiger partial charge is 0.306 e. The van der Waals surface area contributed by atoms with Crippen LogP contribution < -0.4 is 0 Å². The van der Waals surface area contributed by atoms with Crippen molar-refractivity contribution in [3.05, 3.63) is 48.6 Å². The Hall–Kier alpha value is -2.63. The van der Waals surface area contributed by atoms with Gasteiger partial charge in [0.15, 0.2) is 6.10 Å². The lowest BCUT2D eigenvalue weighted by Gasteiger charge is -2.18. The van der Waals surface area contributed by atoms with Crippen LogP contribution in [-0.4, -0.2) is 37.2 Å². The number of carbonyl (C=O) groups is 3. The van der Waals surface area contributed by atoms with Crippen molar-refractivity contribution in [3.63, 3.8) is 0 Å². The average Bonchev–Trinajstić information content (AvgIpc) is 3.37. The van der Waals surface area contributed by atoms with Crippen LogP contribution in [0.3, 0.4) is 0 Å². The third kappa shape index (κ3) is 58.1. The molecule has 1 atom stereocenters. The minimum absolute atomic E-state index is 0.0847. The fourth-order valence-electron chi connectivity index (χ4n) is 9.16. The molecular formula is C65H118O6. The van der Waals surface area contributed by atoms with Gasteiger partial charge in [0, 0.05) is 19.3 Å². The molecule has 0 saturated heterocycles. The minimum Gasteiger partial charge on any atom is -0.462 e. The second-order valence-corrected chi connectivity index (χ2v) is 20.9. The van der Waals surface area contributed by atoms with Crippen LogP contribution in [0.4, 0.5) is 0 Å². The molecule has 0 fully saturated rings. The minimum atomic E-state index is -0.789. The maximum absolute atomic E-state index is 12.8. The zero-order valence-corrected chi connectivity index (χ0v) is 47.5. The van der Waals surface area contributed by atoms with E-state index in [0.29, 0.717) is 19.3 Å². The van der Waals surface area contributed by atoms with Crippen molar-refractivity contribution >= 4 is 17.9 Å². The molecule has 0 aliphatic rings. The molecule has 0 heterocycles. The number of unbranched alkanes of at least 4 members (excludes halogenated alkanes) is 38. The highest BCUT2D eigenvalue weighted by atomic mass is 16.6. The van der Waals surface area contributed by atoms with E-state index < -0.39 is 6.10 Å². The van der Waals surface area contributed by atoms with E-state index >= 15 is 0 Å². The van der Waals surface area contributed by atoms with Crippen LogP contribution in [0.25, 0.3) is 0 Å². The summed E-state index contributed by atoms with van der Waals surface area (Å²) in [7, 11) is 0. The summed E-state index contributed by atoms with van der Waals surface area (Å²) in [6.07, 6.45) is 74.3. The lowest BCUT2D eigenvalue weighted by Crippen LogP contribution is -2.30. The lowest BCUT2D eigenvalue weighted by molar-refractivity contribution is -0.167. The molecule has 6 nitrogen and oxygen atoms in total. The van der Waals surface area contributed by atoms with Gasteiger partial charge in [-0.05, 0) is 77.0 Å². The van der Waals surface area contributed by atoms with Gasteiger partial charge in [0.05, 0.1) is 0 Å². The predicted molar refractivity (Wildman–Crippen MR) is 307 cm³/mol. The second-order valence-electron chi connectivity index (χ2n) is 20.9. The summed E-state index contributed by atoms with van der Waals surface area (Å²) in [6.45, 7) is 6.51. The maximum Gasteiger partial charge on any atom is 0.306 e. The van der Waals surface area contributed by atoms with Crippen molar-refractivity contribution in [2.75, 3.05) is 13.2 Å². The van der Waals surface area contributed by atoms with E-state index in [1.807, 2.05) is 0 Å². The van der Waals surface area contributed by atoms with Crippen LogP contribution in [0.1, 0.15) is 329 Å². The Morgan fingerprint density at radius 1 is 0.296 bits per heavy atom. The highest BCUT2D eigenvalue weighted by molar-refractivity contribution is 5.71. The third-order valence-electron chi connectivity index (χ3n) is 13.8. The van der Waals surface area contributed by atoms with Gasteiger partial charge in [-0.25, -0.2) is 0 Å². The summed E-state index contributed by atoms with van der Waals surface area (Å²) in [5.41, 5.74) is 0. The van der Waals surface area contributed by atoms with E-state index in [1.165, 1.54) is 199 Å². The quantitative estimate of drug-likeness (QED) is 0.0261. The summed E-state index contributed by atoms with van der Waals surface area (Å²) in [6, 6.07) is 0. The Morgan fingerprint density at radius 3 is 0.915 bits per heavy atom. The molecule has 0 aliphatic heterocycles. The number of esters is 3. The summed E-state index contributed by atoms with van der Waals surface area (Å²) in [4.78, 5) is 38.1. The zero-order chi connectivity index (χ0) is 51.4.